The Bertz CT molecular complexity index is 2570. The van der Waals surface area contributed by atoms with E-state index >= 15 is 0 Å². The third kappa shape index (κ3) is 3.58. The van der Waals surface area contributed by atoms with Gasteiger partial charge in [0, 0.05) is 60.7 Å². The zero-order valence-corrected chi connectivity index (χ0v) is 28.8. The van der Waals surface area contributed by atoms with Crippen LogP contribution in [0.25, 0.3) is 21.8 Å². The van der Waals surface area contributed by atoms with Crippen LogP contribution in [0.15, 0.2) is 30.1 Å². The van der Waals surface area contributed by atoms with Crippen LogP contribution in [-0.4, -0.2) is 87.4 Å². The Balaban J connectivity index is 1.03. The van der Waals surface area contributed by atoms with Crippen LogP contribution in [0.5, 0.6) is 23.0 Å². The molecule has 6 heterocycles. The minimum absolute atomic E-state index is 0.0956. The number of aromatic hydroxyl groups is 2. The van der Waals surface area contributed by atoms with E-state index in [1.165, 1.54) is 30.9 Å². The van der Waals surface area contributed by atoms with Gasteiger partial charge in [-0.15, -0.1) is 0 Å². The number of H-pyrrole nitrogens is 3. The Labute approximate surface area is 295 Å². The fraction of sp³-hybridized carbons (Fsp3) is 0.316. The molecule has 2 atom stereocenters. The number of likely N-dealkylation sites (tertiary alicyclic amines) is 1. The number of fused-ring (bicyclic) bond motifs is 7. The van der Waals surface area contributed by atoms with E-state index in [-0.39, 0.29) is 75.5 Å². The number of hydrogen-bond donors (Lipinski definition) is 5. The second kappa shape index (κ2) is 9.99. The predicted octanol–water partition coefficient (Wildman–Crippen LogP) is 4.32. The molecule has 1 saturated carbocycles. The number of carbonyl (C=O) groups is 4. The van der Waals surface area contributed by atoms with Gasteiger partial charge in [0.2, 0.25) is 11.7 Å². The molecule has 1 spiro atoms. The number of carbonyl (C=O) groups excluding carboxylic acids is 4. The molecule has 52 heavy (non-hydrogen) atoms. The quantitative estimate of drug-likeness (QED) is 0.183. The lowest BCUT2D eigenvalue weighted by molar-refractivity contribution is -0.116. The summed E-state index contributed by atoms with van der Waals surface area (Å²) < 4.78 is 11.2. The van der Waals surface area contributed by atoms with Crippen LogP contribution in [0.1, 0.15) is 67.1 Å². The third-order valence-electron chi connectivity index (χ3n) is 11.9. The number of benzene rings is 2. The number of phenols is 2. The van der Waals surface area contributed by atoms with Gasteiger partial charge in [-0.1, -0.05) is 0 Å². The average Bonchev–Trinajstić information content (AvgIpc) is 3.85. The van der Waals surface area contributed by atoms with E-state index in [1.54, 1.807) is 23.1 Å². The minimum Gasteiger partial charge on any atom is -0.503 e. The highest BCUT2D eigenvalue weighted by atomic mass is 16.5. The molecule has 2 aromatic carbocycles. The summed E-state index contributed by atoms with van der Waals surface area (Å²) >= 11 is 0. The highest BCUT2D eigenvalue weighted by Crippen LogP contribution is 2.67. The fourth-order valence-electron chi connectivity index (χ4n) is 9.68. The molecule has 3 amide bonds. The van der Waals surface area contributed by atoms with Crippen molar-refractivity contribution >= 4 is 56.7 Å². The largest absolute Gasteiger partial charge is 0.503 e. The standard InChI is InChI=1S/C38H34N6O8/c1-15-13-39-29-24(46)11-25-38(26(15)29)12-17(38)14-44(25)37(50)23-10-21-19-6-8-43(31(19)33(48)35(52-4)28(21)41-23)36(49)22-9-20-18-5-7-42(16(2)45)30(18)32(47)34(51-3)27(20)40-22/h9-11,13,17,39-41,47-48H,5-8,12,14H2,1-4H3. The van der Waals surface area contributed by atoms with Crippen LogP contribution >= 0.6 is 0 Å². The highest BCUT2D eigenvalue weighted by Gasteiger charge is 2.68. The molecule has 5 aromatic rings. The number of nitrogens with zero attached hydrogens (tertiary/aromatic N) is 3. The van der Waals surface area contributed by atoms with Crippen molar-refractivity contribution < 1.29 is 38.9 Å². The summed E-state index contributed by atoms with van der Waals surface area (Å²) in [5.74, 6) is -1.05. The van der Waals surface area contributed by atoms with Gasteiger partial charge in [0.1, 0.15) is 11.4 Å². The smallest absolute Gasteiger partial charge is 0.274 e. The number of aromatic nitrogens is 3. The molecule has 3 aromatic heterocycles. The molecule has 0 bridgehead atoms. The van der Waals surface area contributed by atoms with Crippen molar-refractivity contribution in [1.82, 2.24) is 19.9 Å². The van der Waals surface area contributed by atoms with Gasteiger partial charge in [-0.25, -0.2) is 0 Å². The lowest BCUT2D eigenvalue weighted by Crippen LogP contribution is -2.34. The van der Waals surface area contributed by atoms with E-state index < -0.39 is 5.91 Å². The molecular weight excluding hydrogens is 668 g/mol. The number of phenolic OH excluding ortho intramolecular Hbond substituents is 2. The molecule has 14 nitrogen and oxygen atoms in total. The number of anilines is 2. The van der Waals surface area contributed by atoms with Crippen molar-refractivity contribution in [3.8, 4) is 23.0 Å². The number of rotatable bonds is 4. The fourth-order valence-corrected chi connectivity index (χ4v) is 9.68. The minimum atomic E-state index is -0.426. The summed E-state index contributed by atoms with van der Waals surface area (Å²) in [4.78, 5) is 68.1. The van der Waals surface area contributed by atoms with Crippen LogP contribution in [0.4, 0.5) is 11.4 Å². The molecule has 2 aliphatic carbocycles. The van der Waals surface area contributed by atoms with Crippen LogP contribution in [0.2, 0.25) is 0 Å². The number of aromatic amines is 3. The Kier molecular flexibility index (Phi) is 5.88. The number of methoxy groups -OCH3 is 2. The lowest BCUT2D eigenvalue weighted by atomic mass is 9.83. The van der Waals surface area contributed by atoms with Gasteiger partial charge >= 0.3 is 0 Å². The van der Waals surface area contributed by atoms with Crippen LogP contribution < -0.4 is 19.3 Å². The zero-order chi connectivity index (χ0) is 36.1. The maximum absolute atomic E-state index is 14.3. The number of amides is 3. The molecule has 5 aliphatic rings. The first-order valence-corrected chi connectivity index (χ1v) is 17.3. The summed E-state index contributed by atoms with van der Waals surface area (Å²) in [6.45, 7) is 4.54. The van der Waals surface area contributed by atoms with Gasteiger partial charge < -0.3 is 49.3 Å². The summed E-state index contributed by atoms with van der Waals surface area (Å²) in [5.41, 5.74) is 6.41. The van der Waals surface area contributed by atoms with Gasteiger partial charge in [-0.2, -0.15) is 0 Å². The molecule has 5 N–H and O–H groups in total. The molecule has 3 aliphatic heterocycles. The first kappa shape index (κ1) is 30.6. The predicted molar refractivity (Wildman–Crippen MR) is 189 cm³/mol. The molecule has 10 rings (SSSR count). The normalized spacial score (nSPS) is 20.9. The maximum atomic E-state index is 14.3. The number of ketones is 1. The lowest BCUT2D eigenvalue weighted by Gasteiger charge is -2.28. The van der Waals surface area contributed by atoms with Gasteiger partial charge in [-0.3, -0.25) is 19.2 Å². The first-order valence-electron chi connectivity index (χ1n) is 17.3. The van der Waals surface area contributed by atoms with Crippen molar-refractivity contribution in [3.05, 3.63) is 69.4 Å². The maximum Gasteiger partial charge on any atom is 0.274 e. The Hall–Kier alpha value is -6.18. The number of piperidine rings is 1. The zero-order valence-electron chi connectivity index (χ0n) is 28.8. The Morgan fingerprint density at radius 1 is 0.865 bits per heavy atom. The summed E-state index contributed by atoms with van der Waals surface area (Å²) in [5, 5.41) is 24.1. The second-order valence-corrected chi connectivity index (χ2v) is 14.4. The first-order chi connectivity index (χ1) is 25.0. The molecule has 2 unspecified atom stereocenters. The molecule has 0 radical (unpaired) electrons. The Morgan fingerprint density at radius 2 is 1.42 bits per heavy atom. The molecule has 1 saturated heterocycles. The van der Waals surface area contributed by atoms with Crippen molar-refractivity contribution in [3.63, 3.8) is 0 Å². The highest BCUT2D eigenvalue weighted by molar-refractivity contribution is 6.15. The van der Waals surface area contributed by atoms with E-state index in [0.29, 0.717) is 64.7 Å². The summed E-state index contributed by atoms with van der Waals surface area (Å²) in [6.07, 6.45) is 5.22. The van der Waals surface area contributed by atoms with Crippen LogP contribution in [0.3, 0.4) is 0 Å². The van der Waals surface area contributed by atoms with Crippen molar-refractivity contribution in [2.45, 2.75) is 38.5 Å². The topological polar surface area (TPSA) is 184 Å². The van der Waals surface area contributed by atoms with E-state index in [0.717, 1.165) is 28.8 Å². The average molecular weight is 703 g/mol. The number of aryl methyl sites for hydroxylation is 1. The number of hydrogen-bond acceptors (Lipinski definition) is 8. The summed E-state index contributed by atoms with van der Waals surface area (Å²) in [6, 6.07) is 3.43. The second-order valence-electron chi connectivity index (χ2n) is 14.4. The van der Waals surface area contributed by atoms with Gasteiger partial charge in [0.15, 0.2) is 23.0 Å². The van der Waals surface area contributed by atoms with Crippen LogP contribution in [-0.2, 0) is 23.1 Å². The van der Waals surface area contributed by atoms with Crippen molar-refractivity contribution in [2.24, 2.45) is 5.92 Å². The van der Waals surface area contributed by atoms with Crippen molar-refractivity contribution in [1.29, 1.82) is 0 Å². The van der Waals surface area contributed by atoms with E-state index in [2.05, 4.69) is 15.0 Å². The molecular formula is C38H34N6O8. The van der Waals surface area contributed by atoms with E-state index in [9.17, 15) is 29.4 Å². The number of ether oxygens (including phenoxy) is 2. The van der Waals surface area contributed by atoms with E-state index in [4.69, 9.17) is 9.47 Å². The van der Waals surface area contributed by atoms with Gasteiger partial charge in [-0.05, 0) is 66.5 Å². The molecule has 14 heteroatoms. The molecule has 2 fully saturated rings. The van der Waals surface area contributed by atoms with Crippen LogP contribution in [0, 0.1) is 12.8 Å². The van der Waals surface area contributed by atoms with E-state index in [1.807, 2.05) is 13.1 Å². The number of nitrogens with one attached hydrogen (secondary N) is 3. The molecule has 264 valence electrons. The number of allylic oxidation sites excluding steroid dienone is 2. The monoisotopic (exact) mass is 702 g/mol. The van der Waals surface area contributed by atoms with Crippen molar-refractivity contribution in [2.75, 3.05) is 43.7 Å². The summed E-state index contributed by atoms with van der Waals surface area (Å²) in [7, 11) is 2.83. The Morgan fingerprint density at radius 3 is 2.00 bits per heavy atom. The van der Waals surface area contributed by atoms with Gasteiger partial charge in [0.05, 0.1) is 42.3 Å². The third-order valence-corrected chi connectivity index (χ3v) is 11.9. The van der Waals surface area contributed by atoms with Gasteiger partial charge in [0.25, 0.3) is 11.8 Å². The SMILES string of the molecule is COc1c(O)c2c(c3cc(C(=O)N4CCc5c4c(O)c(OC)c4[nH]c(C(=O)N6CC7CC78C6=CC(=O)c6[nH]cc(C)c68)cc54)[nH]c13)CCN2C(C)=O.